The Hall–Kier alpha value is -2.75. The van der Waals surface area contributed by atoms with Crippen molar-refractivity contribution >= 4 is 20.0 Å². The third-order valence-corrected chi connectivity index (χ3v) is 4.12. The van der Waals surface area contributed by atoms with E-state index in [-0.39, 0.29) is 18.1 Å². The molecule has 0 saturated heterocycles. The van der Waals surface area contributed by atoms with E-state index in [9.17, 15) is 4.57 Å². The Bertz CT molecular complexity index is 885. The van der Waals surface area contributed by atoms with Gasteiger partial charge in [-0.2, -0.15) is 0 Å². The molecule has 10 nitrogen and oxygen atoms in total. The summed E-state index contributed by atoms with van der Waals surface area (Å²) in [7, 11) is 1.26. The van der Waals surface area contributed by atoms with Gasteiger partial charge in [-0.3, -0.25) is 9.79 Å². The maximum Gasteiger partial charge on any atom is 0.524 e. The SMILES string of the molecule is COc1ccc(/C=C\c2cc(OC)c(OC)c(OC)c2)cc1OP(=O)(O)O.NCCO. The van der Waals surface area contributed by atoms with Crippen molar-refractivity contribution in [3.8, 4) is 28.7 Å². The number of hydrogen-bond donors (Lipinski definition) is 4. The lowest BCUT2D eigenvalue weighted by molar-refractivity contribution is 0.276. The lowest BCUT2D eigenvalue weighted by atomic mass is 10.1. The molecule has 0 radical (unpaired) electrons. The highest BCUT2D eigenvalue weighted by Crippen LogP contribution is 2.42. The Morgan fingerprint density at radius 1 is 0.839 bits per heavy atom. The second-order valence-corrected chi connectivity index (χ2v) is 6.96. The van der Waals surface area contributed by atoms with Gasteiger partial charge >= 0.3 is 7.82 Å². The Kier molecular flexibility index (Phi) is 10.9. The molecule has 2 aromatic carbocycles. The van der Waals surface area contributed by atoms with Crippen molar-refractivity contribution in [1.82, 2.24) is 0 Å². The molecule has 0 atom stereocenters. The topological polar surface area (TPSA) is 150 Å². The summed E-state index contributed by atoms with van der Waals surface area (Å²) in [5, 5.41) is 7.75. The number of nitrogens with two attached hydrogens (primary N) is 1. The summed E-state index contributed by atoms with van der Waals surface area (Å²) in [5.74, 6) is 1.66. The summed E-state index contributed by atoms with van der Waals surface area (Å²) < 4.78 is 36.8. The fraction of sp³-hybridized carbons (Fsp3) is 0.300. The van der Waals surface area contributed by atoms with Crippen LogP contribution in [-0.2, 0) is 4.57 Å². The number of benzene rings is 2. The minimum atomic E-state index is -4.71. The highest BCUT2D eigenvalue weighted by molar-refractivity contribution is 7.46. The van der Waals surface area contributed by atoms with E-state index in [0.717, 1.165) is 5.56 Å². The second-order valence-electron chi connectivity index (χ2n) is 5.80. The van der Waals surface area contributed by atoms with Crippen LogP contribution in [0.25, 0.3) is 12.2 Å². The van der Waals surface area contributed by atoms with Crippen molar-refractivity contribution in [3.05, 3.63) is 41.5 Å². The highest BCUT2D eigenvalue weighted by atomic mass is 31.2. The van der Waals surface area contributed by atoms with Crippen LogP contribution in [0.1, 0.15) is 11.1 Å². The number of phosphoric ester groups is 1. The van der Waals surface area contributed by atoms with Gasteiger partial charge < -0.3 is 34.3 Å². The van der Waals surface area contributed by atoms with Crippen LogP contribution in [0.15, 0.2) is 30.3 Å². The monoisotopic (exact) mass is 457 g/mol. The molecule has 0 spiro atoms. The number of ether oxygens (including phenoxy) is 4. The molecule has 0 aromatic heterocycles. The molecule has 0 aliphatic heterocycles. The number of hydrogen-bond acceptors (Lipinski definition) is 8. The standard InChI is InChI=1S/C18H21O8P.C2H7NO/c1-22-14-8-7-12(9-15(14)26-27(19,20)21)5-6-13-10-16(23-2)18(25-4)17(11-13)24-3;3-1-2-4/h5-11H,1-4H3,(H2,19,20,21);4H,1-3H2/b6-5-;. The summed E-state index contributed by atoms with van der Waals surface area (Å²) in [5.41, 5.74) is 6.20. The van der Waals surface area contributed by atoms with Gasteiger partial charge in [-0.05, 0) is 35.4 Å². The zero-order chi connectivity index (χ0) is 23.4. The van der Waals surface area contributed by atoms with E-state index in [1.54, 1.807) is 36.4 Å². The molecule has 172 valence electrons. The first-order valence-electron chi connectivity index (χ1n) is 8.95. The Morgan fingerprint density at radius 3 is 1.74 bits per heavy atom. The molecular weight excluding hydrogens is 429 g/mol. The van der Waals surface area contributed by atoms with Crippen LogP contribution in [0.5, 0.6) is 28.7 Å². The third-order valence-electron chi connectivity index (χ3n) is 3.69. The number of aliphatic hydroxyl groups excluding tert-OH is 1. The fourth-order valence-electron chi connectivity index (χ4n) is 2.39. The normalized spacial score (nSPS) is 10.8. The lowest BCUT2D eigenvalue weighted by Crippen LogP contribution is -2.02. The minimum absolute atomic E-state index is 0.0575. The van der Waals surface area contributed by atoms with Gasteiger partial charge in [0.25, 0.3) is 0 Å². The van der Waals surface area contributed by atoms with Gasteiger partial charge in [0.15, 0.2) is 23.0 Å². The van der Waals surface area contributed by atoms with Crippen LogP contribution in [-0.4, -0.2) is 56.5 Å². The lowest BCUT2D eigenvalue weighted by Gasteiger charge is -2.13. The number of phosphoric acid groups is 1. The Labute approximate surface area is 181 Å². The molecule has 0 unspecified atom stereocenters. The van der Waals surface area contributed by atoms with Gasteiger partial charge in [-0.15, -0.1) is 0 Å². The molecule has 11 heteroatoms. The van der Waals surface area contributed by atoms with E-state index < -0.39 is 7.82 Å². The average Bonchev–Trinajstić information content (AvgIpc) is 2.75. The van der Waals surface area contributed by atoms with Crippen molar-refractivity contribution < 1.29 is 42.9 Å². The maximum absolute atomic E-state index is 11.1. The van der Waals surface area contributed by atoms with Crippen LogP contribution < -0.4 is 29.2 Å². The molecule has 2 rings (SSSR count). The van der Waals surface area contributed by atoms with Crippen molar-refractivity contribution in [1.29, 1.82) is 0 Å². The summed E-state index contributed by atoms with van der Waals surface area (Å²) in [6.45, 7) is 0.472. The van der Waals surface area contributed by atoms with E-state index in [0.29, 0.717) is 29.4 Å². The zero-order valence-corrected chi connectivity index (χ0v) is 18.7. The number of methoxy groups -OCH3 is 4. The molecule has 31 heavy (non-hydrogen) atoms. The smallest absolute Gasteiger partial charge is 0.493 e. The Morgan fingerprint density at radius 2 is 1.32 bits per heavy atom. The van der Waals surface area contributed by atoms with Crippen molar-refractivity contribution in [2.24, 2.45) is 5.73 Å². The first-order chi connectivity index (χ1) is 14.7. The number of aliphatic hydroxyl groups is 1. The molecule has 0 saturated carbocycles. The molecule has 5 N–H and O–H groups in total. The summed E-state index contributed by atoms with van der Waals surface area (Å²) >= 11 is 0. The van der Waals surface area contributed by atoms with Gasteiger partial charge in [0.05, 0.1) is 35.0 Å². The molecule has 0 aliphatic rings. The summed E-state index contributed by atoms with van der Waals surface area (Å²) in [4.78, 5) is 18.1. The molecule has 2 aromatic rings. The molecule has 0 bridgehead atoms. The largest absolute Gasteiger partial charge is 0.524 e. The molecule has 0 heterocycles. The fourth-order valence-corrected chi connectivity index (χ4v) is 2.79. The van der Waals surface area contributed by atoms with Gasteiger partial charge in [0, 0.05) is 6.54 Å². The van der Waals surface area contributed by atoms with Gasteiger partial charge in [0.1, 0.15) is 0 Å². The number of rotatable bonds is 9. The van der Waals surface area contributed by atoms with E-state index in [1.807, 2.05) is 0 Å². The summed E-state index contributed by atoms with van der Waals surface area (Å²) in [6.07, 6.45) is 3.53. The zero-order valence-electron chi connectivity index (χ0n) is 17.8. The van der Waals surface area contributed by atoms with Gasteiger partial charge in [0.2, 0.25) is 5.75 Å². The predicted octanol–water partition coefficient (Wildman–Crippen LogP) is 2.30. The average molecular weight is 457 g/mol. The predicted molar refractivity (Wildman–Crippen MR) is 117 cm³/mol. The van der Waals surface area contributed by atoms with Crippen LogP contribution >= 0.6 is 7.82 Å². The quantitative estimate of drug-likeness (QED) is 0.326. The highest BCUT2D eigenvalue weighted by Gasteiger charge is 2.19. The van der Waals surface area contributed by atoms with Crippen molar-refractivity contribution in [3.63, 3.8) is 0 Å². The first kappa shape index (κ1) is 26.3. The maximum atomic E-state index is 11.1. The van der Waals surface area contributed by atoms with Crippen molar-refractivity contribution in [2.45, 2.75) is 0 Å². The third kappa shape index (κ3) is 8.49. The molecule has 0 aliphatic carbocycles. The second kappa shape index (κ2) is 12.8. The molecular formula is C20H28NO9P. The van der Waals surface area contributed by atoms with Gasteiger partial charge in [-0.25, -0.2) is 4.57 Å². The van der Waals surface area contributed by atoms with Crippen LogP contribution in [0, 0.1) is 0 Å². The molecule has 0 amide bonds. The molecule has 0 fully saturated rings. The van der Waals surface area contributed by atoms with E-state index in [1.165, 1.54) is 34.5 Å². The summed E-state index contributed by atoms with van der Waals surface area (Å²) in [6, 6.07) is 8.29. The minimum Gasteiger partial charge on any atom is -0.493 e. The van der Waals surface area contributed by atoms with E-state index in [2.05, 4.69) is 4.52 Å². The first-order valence-corrected chi connectivity index (χ1v) is 10.5. The Balaban J connectivity index is 0.00000110. The van der Waals surface area contributed by atoms with Gasteiger partial charge in [-0.1, -0.05) is 18.2 Å². The van der Waals surface area contributed by atoms with Crippen LogP contribution in [0.3, 0.4) is 0 Å². The van der Waals surface area contributed by atoms with Crippen LogP contribution in [0.2, 0.25) is 0 Å². The van der Waals surface area contributed by atoms with Crippen molar-refractivity contribution in [2.75, 3.05) is 41.6 Å². The van der Waals surface area contributed by atoms with E-state index in [4.69, 9.17) is 39.6 Å². The van der Waals surface area contributed by atoms with E-state index >= 15 is 0 Å². The van der Waals surface area contributed by atoms with Crippen LogP contribution in [0.4, 0.5) is 0 Å².